The number of amides is 1. The fourth-order valence-corrected chi connectivity index (χ4v) is 2.89. The van der Waals surface area contributed by atoms with Crippen molar-refractivity contribution >= 4 is 17.5 Å². The first-order valence-electron chi connectivity index (χ1n) is 7.21. The van der Waals surface area contributed by atoms with Crippen molar-refractivity contribution in [1.82, 2.24) is 20.5 Å². The molecule has 0 bridgehead atoms. The lowest BCUT2D eigenvalue weighted by Gasteiger charge is -2.38. The highest BCUT2D eigenvalue weighted by molar-refractivity contribution is 6.33. The normalized spacial score (nSPS) is 21.9. The summed E-state index contributed by atoms with van der Waals surface area (Å²) < 4.78 is 0. The minimum Gasteiger partial charge on any atom is -0.393 e. The smallest absolute Gasteiger partial charge is 0.271 e. The summed E-state index contributed by atoms with van der Waals surface area (Å²) in [5, 5.41) is 19.2. The Bertz CT molecular complexity index is 640. The summed E-state index contributed by atoms with van der Waals surface area (Å²) in [5.41, 5.74) is 1.16. The maximum absolute atomic E-state index is 12.3. The van der Waals surface area contributed by atoms with Crippen molar-refractivity contribution in [2.45, 2.75) is 31.4 Å². The van der Waals surface area contributed by atoms with Gasteiger partial charge in [-0.3, -0.25) is 14.9 Å². The second-order valence-electron chi connectivity index (χ2n) is 5.58. The highest BCUT2D eigenvalue weighted by Gasteiger charge is 2.35. The van der Waals surface area contributed by atoms with Crippen LogP contribution in [0.5, 0.6) is 0 Å². The fraction of sp³-hybridized carbons (Fsp3) is 0.400. The maximum Gasteiger partial charge on any atom is 0.271 e. The van der Waals surface area contributed by atoms with E-state index in [1.165, 1.54) is 6.20 Å². The van der Waals surface area contributed by atoms with Crippen LogP contribution >= 0.6 is 11.6 Å². The number of H-pyrrole nitrogens is 1. The number of aliphatic hydroxyl groups is 1. The van der Waals surface area contributed by atoms with Crippen molar-refractivity contribution < 1.29 is 9.90 Å². The van der Waals surface area contributed by atoms with E-state index in [0.717, 1.165) is 5.69 Å². The van der Waals surface area contributed by atoms with E-state index in [1.807, 2.05) is 18.2 Å². The number of aliphatic hydroxyl groups excluding tert-OH is 1. The van der Waals surface area contributed by atoms with Gasteiger partial charge in [-0.15, -0.1) is 0 Å². The number of carbonyl (C=O) groups is 1. The molecule has 3 rings (SSSR count). The van der Waals surface area contributed by atoms with Crippen molar-refractivity contribution in [3.8, 4) is 0 Å². The van der Waals surface area contributed by atoms with E-state index in [0.29, 0.717) is 24.3 Å². The zero-order valence-corrected chi connectivity index (χ0v) is 12.6. The Kier molecular flexibility index (Phi) is 4.40. The third-order valence-corrected chi connectivity index (χ3v) is 4.30. The van der Waals surface area contributed by atoms with Crippen LogP contribution in [0.2, 0.25) is 5.02 Å². The van der Waals surface area contributed by atoms with Gasteiger partial charge in [-0.25, -0.2) is 0 Å². The second kappa shape index (κ2) is 6.46. The van der Waals surface area contributed by atoms with E-state index < -0.39 is 0 Å². The summed E-state index contributed by atoms with van der Waals surface area (Å²) in [6.07, 6.45) is 4.86. The van der Waals surface area contributed by atoms with Gasteiger partial charge in [-0.1, -0.05) is 17.7 Å². The predicted octanol–water partition coefficient (Wildman–Crippen LogP) is 1.57. The van der Waals surface area contributed by atoms with Gasteiger partial charge in [0.25, 0.3) is 5.91 Å². The molecule has 0 radical (unpaired) electrons. The average molecular weight is 321 g/mol. The second-order valence-corrected chi connectivity index (χ2v) is 5.99. The summed E-state index contributed by atoms with van der Waals surface area (Å²) in [7, 11) is 0. The molecule has 2 aromatic heterocycles. The van der Waals surface area contributed by atoms with Crippen LogP contribution in [0.3, 0.4) is 0 Å². The molecular formula is C15H17ClN4O2. The molecule has 0 unspecified atom stereocenters. The van der Waals surface area contributed by atoms with Crippen molar-refractivity contribution in [3.05, 3.63) is 47.0 Å². The lowest BCUT2D eigenvalue weighted by Crippen LogP contribution is -2.48. The molecule has 1 atom stereocenters. The van der Waals surface area contributed by atoms with Crippen LogP contribution in [0, 0.1) is 5.92 Å². The molecule has 0 saturated heterocycles. The minimum atomic E-state index is -0.287. The largest absolute Gasteiger partial charge is 0.393 e. The molecule has 2 heterocycles. The first kappa shape index (κ1) is 15.0. The number of carbonyl (C=O) groups excluding carboxylic acids is 1. The standard InChI is InChI=1S/C15H17ClN4O2/c16-12-8-18-20-14(12)15(22)19-13(9-5-11(21)6-9)7-10-3-1-2-4-17-10/h1-4,8-9,11,13,21H,5-7H2,(H,18,20)(H,19,22)/t9?,11?,13-/m0/s1. The number of aromatic nitrogens is 3. The Morgan fingerprint density at radius 2 is 2.32 bits per heavy atom. The van der Waals surface area contributed by atoms with Crippen molar-refractivity contribution in [1.29, 1.82) is 0 Å². The van der Waals surface area contributed by atoms with Crippen molar-refractivity contribution in [3.63, 3.8) is 0 Å². The molecule has 22 heavy (non-hydrogen) atoms. The first-order chi connectivity index (χ1) is 10.6. The third-order valence-electron chi connectivity index (χ3n) is 4.01. The van der Waals surface area contributed by atoms with Crippen molar-refractivity contribution in [2.24, 2.45) is 5.92 Å². The number of aromatic amines is 1. The zero-order chi connectivity index (χ0) is 15.5. The Balaban J connectivity index is 1.71. The fourth-order valence-electron chi connectivity index (χ4n) is 2.71. The molecule has 1 aliphatic carbocycles. The van der Waals surface area contributed by atoms with E-state index in [1.54, 1.807) is 6.20 Å². The first-order valence-corrected chi connectivity index (χ1v) is 7.59. The van der Waals surface area contributed by atoms with Crippen molar-refractivity contribution in [2.75, 3.05) is 0 Å². The molecule has 1 saturated carbocycles. The summed E-state index contributed by atoms with van der Waals surface area (Å²) in [6, 6.07) is 5.61. The monoisotopic (exact) mass is 320 g/mol. The lowest BCUT2D eigenvalue weighted by molar-refractivity contribution is 0.0237. The molecule has 7 heteroatoms. The van der Waals surface area contributed by atoms with Gasteiger partial charge in [0.1, 0.15) is 5.69 Å². The van der Waals surface area contributed by atoms with Gasteiger partial charge in [0, 0.05) is 24.4 Å². The molecule has 0 aromatic carbocycles. The molecule has 1 amide bonds. The Morgan fingerprint density at radius 3 is 2.91 bits per heavy atom. The van der Waals surface area contributed by atoms with E-state index in [4.69, 9.17) is 11.6 Å². The van der Waals surface area contributed by atoms with Crippen LogP contribution < -0.4 is 5.32 Å². The number of rotatable bonds is 5. The van der Waals surface area contributed by atoms with Crippen LogP contribution in [-0.4, -0.2) is 38.3 Å². The van der Waals surface area contributed by atoms with Gasteiger partial charge in [0.15, 0.2) is 0 Å². The van der Waals surface area contributed by atoms with Crippen LogP contribution in [-0.2, 0) is 6.42 Å². The molecular weight excluding hydrogens is 304 g/mol. The van der Waals surface area contributed by atoms with Gasteiger partial charge < -0.3 is 10.4 Å². The molecule has 1 aliphatic rings. The molecule has 2 aromatic rings. The number of hydrogen-bond donors (Lipinski definition) is 3. The van der Waals surface area contributed by atoms with E-state index in [9.17, 15) is 9.90 Å². The number of pyridine rings is 1. The summed E-state index contributed by atoms with van der Waals surface area (Å²) >= 11 is 5.92. The highest BCUT2D eigenvalue weighted by Crippen LogP contribution is 2.31. The Labute approximate surface area is 132 Å². The third kappa shape index (κ3) is 3.28. The van der Waals surface area contributed by atoms with Gasteiger partial charge in [-0.2, -0.15) is 5.10 Å². The molecule has 6 nitrogen and oxygen atoms in total. The van der Waals surface area contributed by atoms with Crippen LogP contribution in [0.25, 0.3) is 0 Å². The highest BCUT2D eigenvalue weighted by atomic mass is 35.5. The van der Waals surface area contributed by atoms with E-state index in [-0.39, 0.29) is 29.7 Å². The number of halogens is 1. The van der Waals surface area contributed by atoms with Crippen LogP contribution in [0.15, 0.2) is 30.6 Å². The van der Waals surface area contributed by atoms with E-state index in [2.05, 4.69) is 20.5 Å². The maximum atomic E-state index is 12.3. The van der Waals surface area contributed by atoms with Crippen LogP contribution in [0.4, 0.5) is 0 Å². The van der Waals surface area contributed by atoms with Gasteiger partial charge in [-0.05, 0) is 30.9 Å². The Hall–Kier alpha value is -1.92. The molecule has 116 valence electrons. The molecule has 0 spiro atoms. The summed E-state index contributed by atoms with van der Waals surface area (Å²) in [6.45, 7) is 0. The number of hydrogen-bond acceptors (Lipinski definition) is 4. The Morgan fingerprint density at radius 1 is 1.50 bits per heavy atom. The summed E-state index contributed by atoms with van der Waals surface area (Å²) in [4.78, 5) is 16.6. The predicted molar refractivity (Wildman–Crippen MR) is 81.5 cm³/mol. The van der Waals surface area contributed by atoms with Crippen LogP contribution in [0.1, 0.15) is 29.0 Å². The zero-order valence-electron chi connectivity index (χ0n) is 11.9. The topological polar surface area (TPSA) is 90.9 Å². The average Bonchev–Trinajstić information content (AvgIpc) is 2.91. The number of nitrogens with one attached hydrogen (secondary N) is 2. The van der Waals surface area contributed by atoms with Gasteiger partial charge >= 0.3 is 0 Å². The molecule has 1 fully saturated rings. The summed E-state index contributed by atoms with van der Waals surface area (Å²) in [5.74, 6) is -0.0486. The number of nitrogens with zero attached hydrogens (tertiary/aromatic N) is 2. The van der Waals surface area contributed by atoms with Gasteiger partial charge in [0.05, 0.1) is 17.3 Å². The minimum absolute atomic E-state index is 0.0924. The quantitative estimate of drug-likeness (QED) is 0.780. The SMILES string of the molecule is O=C(N[C@@H](Cc1ccccn1)C1CC(O)C1)c1[nH]ncc1Cl. The molecule has 0 aliphatic heterocycles. The van der Waals surface area contributed by atoms with Gasteiger partial charge in [0.2, 0.25) is 0 Å². The van der Waals surface area contributed by atoms with E-state index >= 15 is 0 Å². The molecule has 3 N–H and O–H groups in total. The lowest BCUT2D eigenvalue weighted by atomic mass is 9.76.